The van der Waals surface area contributed by atoms with Gasteiger partial charge in [0.25, 0.3) is 0 Å². The van der Waals surface area contributed by atoms with Gasteiger partial charge in [0, 0.05) is 6.04 Å². The molecule has 0 radical (unpaired) electrons. The normalized spacial score (nSPS) is 21.6. The van der Waals surface area contributed by atoms with Crippen molar-refractivity contribution >= 4 is 17.5 Å². The Morgan fingerprint density at radius 3 is 2.39 bits per heavy atom. The quantitative estimate of drug-likeness (QED) is 0.818. The van der Waals surface area contributed by atoms with Crippen LogP contribution in [0.4, 0.5) is 18.9 Å². The van der Waals surface area contributed by atoms with Crippen LogP contribution in [0.25, 0.3) is 0 Å². The number of carbonyl (C=O) groups excluding carboxylic acids is 2. The molecule has 1 aromatic rings. The van der Waals surface area contributed by atoms with Crippen LogP contribution < -0.4 is 10.6 Å². The van der Waals surface area contributed by atoms with Crippen molar-refractivity contribution < 1.29 is 22.8 Å². The van der Waals surface area contributed by atoms with E-state index in [2.05, 4.69) is 10.6 Å². The number of hydrogen-bond donors (Lipinski definition) is 2. The summed E-state index contributed by atoms with van der Waals surface area (Å²) in [5.41, 5.74) is -1.40. The molecule has 7 heteroatoms. The predicted molar refractivity (Wildman–Crippen MR) is 79.6 cm³/mol. The molecule has 1 saturated carbocycles. The van der Waals surface area contributed by atoms with E-state index in [0.29, 0.717) is 0 Å². The molecule has 0 heterocycles. The lowest BCUT2D eigenvalue weighted by Gasteiger charge is -2.29. The number of rotatable bonds is 2. The Morgan fingerprint density at radius 1 is 1.09 bits per heavy atom. The lowest BCUT2D eigenvalue weighted by molar-refractivity contribution is -0.138. The van der Waals surface area contributed by atoms with Crippen LogP contribution in [0.2, 0.25) is 0 Å². The molecule has 0 aliphatic heterocycles. The average molecular weight is 328 g/mol. The van der Waals surface area contributed by atoms with Gasteiger partial charge in [0.1, 0.15) is 0 Å². The third-order valence-electron chi connectivity index (χ3n) is 4.11. The third-order valence-corrected chi connectivity index (χ3v) is 4.11. The molecule has 2 atom stereocenters. The van der Waals surface area contributed by atoms with Crippen LogP contribution >= 0.6 is 0 Å². The molecule has 2 N–H and O–H groups in total. The summed E-state index contributed by atoms with van der Waals surface area (Å²) in [4.78, 5) is 23.8. The molecular weight excluding hydrogens is 309 g/mol. The molecule has 1 aliphatic carbocycles. The fraction of sp³-hybridized carbons (Fsp3) is 0.500. The van der Waals surface area contributed by atoms with Gasteiger partial charge in [-0.25, -0.2) is 0 Å². The summed E-state index contributed by atoms with van der Waals surface area (Å²) < 4.78 is 38.6. The fourth-order valence-electron chi connectivity index (χ4n) is 2.78. The Kier molecular flexibility index (Phi) is 5.28. The molecule has 2 amide bonds. The number of para-hydroxylation sites is 1. The van der Waals surface area contributed by atoms with Crippen LogP contribution in [0.3, 0.4) is 0 Å². The standard InChI is InChI=1S/C16H19F3N2O2/c1-10-6-2-4-8-12(10)20-14(22)15(23)21-13-9-5-3-7-11(13)16(17,18)19/h3,5,7,9-10,12H,2,4,6,8H2,1H3,(H,20,22)(H,21,23)/t10-,12+/m0/s1. The molecular formula is C16H19F3N2O2. The van der Waals surface area contributed by atoms with Crippen molar-refractivity contribution in [2.45, 2.75) is 44.8 Å². The van der Waals surface area contributed by atoms with E-state index < -0.39 is 29.2 Å². The maximum Gasteiger partial charge on any atom is 0.418 e. The summed E-state index contributed by atoms with van der Waals surface area (Å²) in [6.45, 7) is 1.99. The first-order valence-corrected chi connectivity index (χ1v) is 7.57. The summed E-state index contributed by atoms with van der Waals surface area (Å²) in [6, 6.07) is 4.46. The van der Waals surface area contributed by atoms with Gasteiger partial charge in [-0.1, -0.05) is 31.9 Å². The summed E-state index contributed by atoms with van der Waals surface area (Å²) >= 11 is 0. The van der Waals surface area contributed by atoms with Crippen molar-refractivity contribution in [3.63, 3.8) is 0 Å². The van der Waals surface area contributed by atoms with Gasteiger partial charge >= 0.3 is 18.0 Å². The summed E-state index contributed by atoms with van der Waals surface area (Å²) in [7, 11) is 0. The molecule has 2 rings (SSSR count). The number of carbonyl (C=O) groups is 2. The van der Waals surface area contributed by atoms with E-state index in [0.717, 1.165) is 37.8 Å². The highest BCUT2D eigenvalue weighted by Crippen LogP contribution is 2.34. The van der Waals surface area contributed by atoms with E-state index in [1.54, 1.807) is 0 Å². The highest BCUT2D eigenvalue weighted by molar-refractivity contribution is 6.39. The summed E-state index contributed by atoms with van der Waals surface area (Å²) in [5, 5.41) is 4.66. The van der Waals surface area contributed by atoms with Crippen LogP contribution in [0.5, 0.6) is 0 Å². The van der Waals surface area contributed by atoms with Crippen molar-refractivity contribution in [1.29, 1.82) is 0 Å². The Hall–Kier alpha value is -2.05. The van der Waals surface area contributed by atoms with Crippen LogP contribution in [-0.2, 0) is 15.8 Å². The van der Waals surface area contributed by atoms with Crippen LogP contribution in [0.1, 0.15) is 38.2 Å². The number of amides is 2. The van der Waals surface area contributed by atoms with Gasteiger partial charge in [0.2, 0.25) is 0 Å². The summed E-state index contributed by atoms with van der Waals surface area (Å²) in [5.74, 6) is -1.73. The number of halogens is 3. The van der Waals surface area contributed by atoms with E-state index in [1.165, 1.54) is 12.1 Å². The second-order valence-corrected chi connectivity index (χ2v) is 5.84. The van der Waals surface area contributed by atoms with Gasteiger partial charge in [-0.2, -0.15) is 13.2 Å². The molecule has 23 heavy (non-hydrogen) atoms. The van der Waals surface area contributed by atoms with Crippen molar-refractivity contribution in [1.82, 2.24) is 5.32 Å². The number of nitrogens with one attached hydrogen (secondary N) is 2. The lowest BCUT2D eigenvalue weighted by atomic mass is 9.86. The molecule has 0 saturated heterocycles. The van der Waals surface area contributed by atoms with Gasteiger partial charge in [0.05, 0.1) is 11.3 Å². The lowest BCUT2D eigenvalue weighted by Crippen LogP contribution is -2.45. The minimum Gasteiger partial charge on any atom is -0.345 e. The molecule has 0 aromatic heterocycles. The number of anilines is 1. The van der Waals surface area contributed by atoms with Crippen LogP contribution in [0.15, 0.2) is 24.3 Å². The predicted octanol–water partition coefficient (Wildman–Crippen LogP) is 3.34. The topological polar surface area (TPSA) is 58.2 Å². The Labute approximate surface area is 132 Å². The van der Waals surface area contributed by atoms with Crippen molar-refractivity contribution in [2.24, 2.45) is 5.92 Å². The monoisotopic (exact) mass is 328 g/mol. The van der Waals surface area contributed by atoms with E-state index in [9.17, 15) is 22.8 Å². The SMILES string of the molecule is C[C@H]1CCCC[C@H]1NC(=O)C(=O)Nc1ccccc1C(F)(F)F. The maximum atomic E-state index is 12.9. The van der Waals surface area contributed by atoms with Gasteiger partial charge in [0.15, 0.2) is 0 Å². The first kappa shape index (κ1) is 17.3. The zero-order valence-corrected chi connectivity index (χ0v) is 12.7. The highest BCUT2D eigenvalue weighted by Gasteiger charge is 2.34. The summed E-state index contributed by atoms with van der Waals surface area (Å²) in [6.07, 6.45) is -0.812. The molecule has 1 aliphatic rings. The smallest absolute Gasteiger partial charge is 0.345 e. The Morgan fingerprint density at radius 2 is 1.74 bits per heavy atom. The molecule has 126 valence electrons. The zero-order valence-electron chi connectivity index (χ0n) is 12.7. The minimum atomic E-state index is -4.60. The van der Waals surface area contributed by atoms with Crippen molar-refractivity contribution in [3.05, 3.63) is 29.8 Å². The van der Waals surface area contributed by atoms with Crippen LogP contribution in [-0.4, -0.2) is 17.9 Å². The average Bonchev–Trinajstić information content (AvgIpc) is 2.49. The van der Waals surface area contributed by atoms with E-state index in [4.69, 9.17) is 0 Å². The van der Waals surface area contributed by atoms with E-state index >= 15 is 0 Å². The molecule has 1 aromatic carbocycles. The fourth-order valence-corrected chi connectivity index (χ4v) is 2.78. The molecule has 1 fully saturated rings. The molecule has 0 unspecified atom stereocenters. The molecule has 4 nitrogen and oxygen atoms in total. The van der Waals surface area contributed by atoms with Crippen LogP contribution in [0, 0.1) is 5.92 Å². The van der Waals surface area contributed by atoms with Gasteiger partial charge in [-0.15, -0.1) is 0 Å². The largest absolute Gasteiger partial charge is 0.418 e. The third kappa shape index (κ3) is 4.46. The zero-order chi connectivity index (χ0) is 17.0. The highest BCUT2D eigenvalue weighted by atomic mass is 19.4. The molecule has 0 bridgehead atoms. The van der Waals surface area contributed by atoms with Crippen molar-refractivity contribution in [3.8, 4) is 0 Å². The Balaban J connectivity index is 2.03. The van der Waals surface area contributed by atoms with Gasteiger partial charge < -0.3 is 10.6 Å². The molecule has 0 spiro atoms. The van der Waals surface area contributed by atoms with Crippen molar-refractivity contribution in [2.75, 3.05) is 5.32 Å². The Bertz CT molecular complexity index is 587. The minimum absolute atomic E-state index is 0.111. The number of benzene rings is 1. The second kappa shape index (κ2) is 7.02. The first-order valence-electron chi connectivity index (χ1n) is 7.57. The van der Waals surface area contributed by atoms with Gasteiger partial charge in [-0.05, 0) is 30.9 Å². The second-order valence-electron chi connectivity index (χ2n) is 5.84. The maximum absolute atomic E-state index is 12.9. The van der Waals surface area contributed by atoms with E-state index in [1.807, 2.05) is 6.92 Å². The van der Waals surface area contributed by atoms with Gasteiger partial charge in [-0.3, -0.25) is 9.59 Å². The van der Waals surface area contributed by atoms with E-state index in [-0.39, 0.29) is 12.0 Å². The number of alkyl halides is 3. The first-order chi connectivity index (χ1) is 10.8. The number of hydrogen-bond acceptors (Lipinski definition) is 2.